The van der Waals surface area contributed by atoms with Crippen LogP contribution in [0.15, 0.2) is 23.2 Å². The summed E-state index contributed by atoms with van der Waals surface area (Å²) in [6, 6.07) is 6.79. The van der Waals surface area contributed by atoms with Gasteiger partial charge in [-0.1, -0.05) is 12.5 Å². The molecular formula is C22H38N4O2. The van der Waals surface area contributed by atoms with Gasteiger partial charge in [-0.15, -0.1) is 0 Å². The normalized spacial score (nSPS) is 18.0. The van der Waals surface area contributed by atoms with Gasteiger partial charge in [0.05, 0.1) is 14.2 Å². The van der Waals surface area contributed by atoms with Crippen molar-refractivity contribution in [2.24, 2.45) is 4.99 Å². The molecule has 6 nitrogen and oxygen atoms in total. The van der Waals surface area contributed by atoms with Crippen LogP contribution in [-0.2, 0) is 6.42 Å². The first-order valence-corrected chi connectivity index (χ1v) is 10.6. The van der Waals surface area contributed by atoms with E-state index in [1.807, 2.05) is 12.1 Å². The summed E-state index contributed by atoms with van der Waals surface area (Å²) in [5.41, 5.74) is 1.21. The molecule has 0 aliphatic carbocycles. The molecule has 0 bridgehead atoms. The van der Waals surface area contributed by atoms with Crippen molar-refractivity contribution >= 4 is 5.96 Å². The number of hydrogen-bond acceptors (Lipinski definition) is 4. The molecule has 1 aliphatic heterocycles. The molecule has 1 atom stereocenters. The smallest absolute Gasteiger partial charge is 0.191 e. The van der Waals surface area contributed by atoms with Gasteiger partial charge < -0.3 is 25.0 Å². The average Bonchev–Trinajstić information content (AvgIpc) is 2.72. The molecule has 1 unspecified atom stereocenters. The summed E-state index contributed by atoms with van der Waals surface area (Å²) in [4.78, 5) is 7.35. The standard InChI is InChI=1S/C22H38N4O2/c1-5-23-22(24-13-8-16-26-15-7-6-9-18(26)2)25-14-12-19-10-11-20(27-3)21(17-19)28-4/h10-11,17-18H,5-9,12-16H2,1-4H3,(H2,23,24,25). The fourth-order valence-electron chi connectivity index (χ4n) is 3.66. The fraction of sp³-hybridized carbons (Fsp3) is 0.682. The number of aliphatic imine (C=N–C) groups is 1. The molecule has 0 saturated carbocycles. The third kappa shape index (κ3) is 7.23. The predicted molar refractivity (Wildman–Crippen MR) is 117 cm³/mol. The Balaban J connectivity index is 1.76. The van der Waals surface area contributed by atoms with E-state index < -0.39 is 0 Å². The topological polar surface area (TPSA) is 58.1 Å². The van der Waals surface area contributed by atoms with Crippen molar-refractivity contribution in [3.8, 4) is 11.5 Å². The maximum Gasteiger partial charge on any atom is 0.191 e. The van der Waals surface area contributed by atoms with E-state index in [9.17, 15) is 0 Å². The van der Waals surface area contributed by atoms with E-state index in [0.29, 0.717) is 0 Å². The minimum absolute atomic E-state index is 0.727. The molecule has 1 heterocycles. The van der Waals surface area contributed by atoms with Crippen LogP contribution in [0.3, 0.4) is 0 Å². The van der Waals surface area contributed by atoms with Crippen molar-refractivity contribution < 1.29 is 9.47 Å². The second-order valence-corrected chi connectivity index (χ2v) is 7.36. The van der Waals surface area contributed by atoms with Crippen LogP contribution in [0.4, 0.5) is 0 Å². The van der Waals surface area contributed by atoms with E-state index in [0.717, 1.165) is 62.5 Å². The van der Waals surface area contributed by atoms with Crippen molar-refractivity contribution in [2.45, 2.75) is 52.0 Å². The summed E-state index contributed by atoms with van der Waals surface area (Å²) in [5.74, 6) is 2.43. The number of nitrogens with one attached hydrogen (secondary N) is 2. The monoisotopic (exact) mass is 390 g/mol. The van der Waals surface area contributed by atoms with Crippen molar-refractivity contribution in [1.29, 1.82) is 0 Å². The maximum atomic E-state index is 5.38. The Labute approximate surface area is 170 Å². The van der Waals surface area contributed by atoms with Crippen LogP contribution in [0.1, 0.15) is 45.1 Å². The Morgan fingerprint density at radius 1 is 1.18 bits per heavy atom. The highest BCUT2D eigenvalue weighted by atomic mass is 16.5. The Kier molecular flexibility index (Phi) is 9.97. The minimum atomic E-state index is 0.727. The number of benzene rings is 1. The average molecular weight is 391 g/mol. The second-order valence-electron chi connectivity index (χ2n) is 7.36. The first-order chi connectivity index (χ1) is 13.7. The van der Waals surface area contributed by atoms with Crippen molar-refractivity contribution in [3.63, 3.8) is 0 Å². The van der Waals surface area contributed by atoms with E-state index in [1.54, 1.807) is 14.2 Å². The van der Waals surface area contributed by atoms with E-state index >= 15 is 0 Å². The molecule has 1 aromatic rings. The zero-order chi connectivity index (χ0) is 20.2. The van der Waals surface area contributed by atoms with E-state index in [-0.39, 0.29) is 0 Å². The number of piperidine rings is 1. The molecule has 28 heavy (non-hydrogen) atoms. The summed E-state index contributed by atoms with van der Waals surface area (Å²) in [6.07, 6.45) is 6.06. The molecule has 0 radical (unpaired) electrons. The number of ether oxygens (including phenoxy) is 2. The van der Waals surface area contributed by atoms with Crippen LogP contribution < -0.4 is 20.1 Å². The van der Waals surface area contributed by atoms with Gasteiger partial charge in [-0.3, -0.25) is 4.99 Å². The minimum Gasteiger partial charge on any atom is -0.493 e. The predicted octanol–water partition coefficient (Wildman–Crippen LogP) is 3.07. The molecule has 1 aromatic carbocycles. The van der Waals surface area contributed by atoms with Crippen molar-refractivity contribution in [2.75, 3.05) is 46.9 Å². The molecular weight excluding hydrogens is 352 g/mol. The largest absolute Gasteiger partial charge is 0.493 e. The van der Waals surface area contributed by atoms with Gasteiger partial charge in [0.15, 0.2) is 17.5 Å². The van der Waals surface area contributed by atoms with Gasteiger partial charge in [-0.05, 0) is 63.8 Å². The van der Waals surface area contributed by atoms with E-state index in [2.05, 4.69) is 35.4 Å². The fourth-order valence-corrected chi connectivity index (χ4v) is 3.66. The number of likely N-dealkylation sites (tertiary alicyclic amines) is 1. The zero-order valence-corrected chi connectivity index (χ0v) is 18.1. The highest BCUT2D eigenvalue weighted by Crippen LogP contribution is 2.27. The van der Waals surface area contributed by atoms with Crippen LogP contribution in [-0.4, -0.2) is 63.8 Å². The number of nitrogens with zero attached hydrogens (tertiary/aromatic N) is 2. The van der Waals surface area contributed by atoms with E-state index in [1.165, 1.54) is 31.4 Å². The SMILES string of the molecule is CCNC(=NCCCN1CCCCC1C)NCCc1ccc(OC)c(OC)c1. The number of guanidine groups is 1. The molecule has 6 heteroatoms. The summed E-state index contributed by atoms with van der Waals surface area (Å²) in [7, 11) is 3.32. The molecule has 0 aromatic heterocycles. The lowest BCUT2D eigenvalue weighted by Crippen LogP contribution is -2.39. The Morgan fingerprint density at radius 2 is 2.00 bits per heavy atom. The quantitative estimate of drug-likeness (QED) is 0.365. The van der Waals surface area contributed by atoms with Crippen LogP contribution in [0.5, 0.6) is 11.5 Å². The van der Waals surface area contributed by atoms with Gasteiger partial charge in [0.25, 0.3) is 0 Å². The molecule has 2 N–H and O–H groups in total. The van der Waals surface area contributed by atoms with Crippen molar-refractivity contribution in [1.82, 2.24) is 15.5 Å². The lowest BCUT2D eigenvalue weighted by Gasteiger charge is -2.33. The summed E-state index contributed by atoms with van der Waals surface area (Å²) in [5, 5.41) is 6.77. The number of hydrogen-bond donors (Lipinski definition) is 2. The third-order valence-electron chi connectivity index (χ3n) is 5.31. The van der Waals surface area contributed by atoms with Crippen LogP contribution in [0, 0.1) is 0 Å². The molecule has 0 amide bonds. The van der Waals surface area contributed by atoms with Gasteiger partial charge >= 0.3 is 0 Å². The first kappa shape index (κ1) is 22.3. The van der Waals surface area contributed by atoms with Crippen LogP contribution in [0.2, 0.25) is 0 Å². The van der Waals surface area contributed by atoms with E-state index in [4.69, 9.17) is 14.5 Å². The number of methoxy groups -OCH3 is 2. The van der Waals surface area contributed by atoms with Gasteiger partial charge in [-0.2, -0.15) is 0 Å². The Bertz CT molecular complexity index is 606. The third-order valence-corrected chi connectivity index (χ3v) is 5.31. The molecule has 1 fully saturated rings. The van der Waals surface area contributed by atoms with Gasteiger partial charge in [0.1, 0.15) is 0 Å². The molecule has 2 rings (SSSR count). The maximum absolute atomic E-state index is 5.38. The molecule has 0 spiro atoms. The van der Waals surface area contributed by atoms with Gasteiger partial charge in [-0.25, -0.2) is 0 Å². The number of rotatable bonds is 10. The van der Waals surface area contributed by atoms with Gasteiger partial charge in [0, 0.05) is 32.2 Å². The zero-order valence-electron chi connectivity index (χ0n) is 18.1. The lowest BCUT2D eigenvalue weighted by molar-refractivity contribution is 0.160. The lowest BCUT2D eigenvalue weighted by atomic mass is 10.0. The summed E-state index contributed by atoms with van der Waals surface area (Å²) >= 11 is 0. The van der Waals surface area contributed by atoms with Crippen LogP contribution >= 0.6 is 0 Å². The Morgan fingerprint density at radius 3 is 2.71 bits per heavy atom. The second kappa shape index (κ2) is 12.5. The highest BCUT2D eigenvalue weighted by Gasteiger charge is 2.17. The van der Waals surface area contributed by atoms with Crippen LogP contribution in [0.25, 0.3) is 0 Å². The molecule has 1 aliphatic rings. The summed E-state index contributed by atoms with van der Waals surface area (Å²) < 4.78 is 10.7. The highest BCUT2D eigenvalue weighted by molar-refractivity contribution is 5.79. The summed E-state index contributed by atoms with van der Waals surface area (Å²) in [6.45, 7) is 9.39. The molecule has 1 saturated heterocycles. The first-order valence-electron chi connectivity index (χ1n) is 10.6. The molecule has 158 valence electrons. The Hall–Kier alpha value is -1.95. The van der Waals surface area contributed by atoms with Gasteiger partial charge in [0.2, 0.25) is 0 Å². The van der Waals surface area contributed by atoms with Crippen molar-refractivity contribution in [3.05, 3.63) is 23.8 Å².